The summed E-state index contributed by atoms with van der Waals surface area (Å²) in [5, 5.41) is 12.7. The first-order chi connectivity index (χ1) is 22.0. The number of anilines is 2. The number of nitrogens with zero attached hydrogens (tertiary/aromatic N) is 6. The zero-order valence-electron chi connectivity index (χ0n) is 25.9. The molecule has 236 valence electrons. The van der Waals surface area contributed by atoms with E-state index in [1.807, 2.05) is 66.4 Å². The van der Waals surface area contributed by atoms with Crippen molar-refractivity contribution in [3.8, 4) is 22.8 Å². The molecule has 2 fully saturated rings. The lowest BCUT2D eigenvalue weighted by Crippen LogP contribution is -2.50. The van der Waals surface area contributed by atoms with E-state index in [0.717, 1.165) is 22.5 Å². The van der Waals surface area contributed by atoms with Crippen LogP contribution in [0.4, 0.5) is 16.3 Å². The second-order valence-electron chi connectivity index (χ2n) is 11.2. The molecular weight excluding hydrogens is 574 g/mol. The molecule has 12 heteroatoms. The van der Waals surface area contributed by atoms with Gasteiger partial charge in [-0.05, 0) is 55.0 Å². The number of amides is 2. The maximum atomic E-state index is 13.1. The van der Waals surface area contributed by atoms with Gasteiger partial charge in [-0.25, -0.2) is 19.7 Å². The summed E-state index contributed by atoms with van der Waals surface area (Å²) in [5.41, 5.74) is 4.88. The molecule has 0 spiro atoms. The number of nitrogens with one attached hydrogen (secondary N) is 1. The van der Waals surface area contributed by atoms with E-state index in [4.69, 9.17) is 29.2 Å². The Morgan fingerprint density at radius 2 is 1.80 bits per heavy atom. The zero-order valence-corrected chi connectivity index (χ0v) is 25.9. The van der Waals surface area contributed by atoms with E-state index < -0.39 is 0 Å². The van der Waals surface area contributed by atoms with Crippen LogP contribution in [0, 0.1) is 6.92 Å². The Bertz CT molecular complexity index is 1660. The van der Waals surface area contributed by atoms with E-state index in [1.54, 1.807) is 14.2 Å². The Morgan fingerprint density at radius 1 is 0.978 bits per heavy atom. The molecule has 4 heterocycles. The van der Waals surface area contributed by atoms with Gasteiger partial charge in [0.1, 0.15) is 5.52 Å². The fraction of sp³-hybridized carbons (Fsp3) is 0.394. The van der Waals surface area contributed by atoms with Crippen molar-refractivity contribution < 1.29 is 24.1 Å². The number of rotatable bonds is 8. The molecule has 2 amide bonds. The first kappa shape index (κ1) is 30.5. The maximum Gasteiger partial charge on any atom is 0.321 e. The average molecular weight is 614 g/mol. The first-order valence-corrected chi connectivity index (χ1v) is 15.2. The van der Waals surface area contributed by atoms with Crippen LogP contribution in [0.1, 0.15) is 17.4 Å². The highest BCUT2D eigenvalue weighted by atomic mass is 16.5. The van der Waals surface area contributed by atoms with Crippen LogP contribution in [-0.4, -0.2) is 109 Å². The monoisotopic (exact) mass is 613 g/mol. The number of aryl methyl sites for hydroxylation is 1. The highest BCUT2D eigenvalue weighted by Crippen LogP contribution is 2.34. The van der Waals surface area contributed by atoms with Crippen molar-refractivity contribution in [3.05, 3.63) is 66.0 Å². The molecule has 12 nitrogen and oxygen atoms in total. The van der Waals surface area contributed by atoms with Gasteiger partial charge in [0, 0.05) is 50.5 Å². The van der Waals surface area contributed by atoms with E-state index >= 15 is 0 Å². The topological polar surface area (TPSA) is 125 Å². The summed E-state index contributed by atoms with van der Waals surface area (Å²) >= 11 is 0. The lowest BCUT2D eigenvalue weighted by molar-refractivity contribution is -0.0175. The Morgan fingerprint density at radius 3 is 2.56 bits per heavy atom. The van der Waals surface area contributed by atoms with Crippen molar-refractivity contribution in [3.63, 3.8) is 0 Å². The minimum atomic E-state index is -0.194. The molecule has 2 saturated heterocycles. The molecule has 4 aromatic rings. The second-order valence-corrected chi connectivity index (χ2v) is 11.2. The number of urea groups is 1. The minimum absolute atomic E-state index is 0.0414. The lowest BCUT2D eigenvalue weighted by Gasteiger charge is -2.37. The Kier molecular flexibility index (Phi) is 9.24. The lowest BCUT2D eigenvalue weighted by atomic mass is 10.1. The van der Waals surface area contributed by atoms with E-state index in [9.17, 15) is 9.90 Å². The summed E-state index contributed by atoms with van der Waals surface area (Å²) in [6, 6.07) is 17.1. The molecule has 0 aliphatic carbocycles. The third kappa shape index (κ3) is 6.63. The summed E-state index contributed by atoms with van der Waals surface area (Å²) in [4.78, 5) is 34.4. The molecule has 0 radical (unpaired) electrons. The summed E-state index contributed by atoms with van der Waals surface area (Å²) in [5.74, 6) is 2.60. The van der Waals surface area contributed by atoms with Crippen LogP contribution in [0.25, 0.3) is 22.3 Å². The van der Waals surface area contributed by atoms with Crippen molar-refractivity contribution >= 4 is 28.6 Å². The number of aliphatic hydroxyl groups excluding tert-OH is 1. The molecule has 0 saturated carbocycles. The number of carbonyl (C=O) groups excluding carboxylic acids is 1. The number of pyridine rings is 1. The molecule has 0 bridgehead atoms. The number of carbonyl (C=O) groups is 1. The number of fused-ring (bicyclic) bond motifs is 1. The molecule has 2 aliphatic heterocycles. The van der Waals surface area contributed by atoms with E-state index in [0.29, 0.717) is 86.7 Å². The average Bonchev–Trinajstić information content (AvgIpc) is 3.07. The van der Waals surface area contributed by atoms with Crippen LogP contribution in [0.15, 0.2) is 54.6 Å². The Hall–Kier alpha value is -4.52. The van der Waals surface area contributed by atoms with Crippen LogP contribution in [0.3, 0.4) is 0 Å². The van der Waals surface area contributed by atoms with Crippen LogP contribution in [0.5, 0.6) is 11.5 Å². The maximum absolute atomic E-state index is 13.1. The molecule has 2 N–H and O–H groups in total. The Balaban J connectivity index is 1.33. The van der Waals surface area contributed by atoms with Crippen LogP contribution < -0.4 is 19.7 Å². The van der Waals surface area contributed by atoms with Crippen LogP contribution in [-0.2, 0) is 4.74 Å². The number of piperazine rings is 1. The number of hydrogen-bond acceptors (Lipinski definition) is 10. The van der Waals surface area contributed by atoms with Crippen molar-refractivity contribution in [2.24, 2.45) is 0 Å². The number of ether oxygens (including phenoxy) is 3. The van der Waals surface area contributed by atoms with Gasteiger partial charge in [0.15, 0.2) is 23.1 Å². The first-order valence-electron chi connectivity index (χ1n) is 15.2. The van der Waals surface area contributed by atoms with E-state index in [1.165, 1.54) is 0 Å². The fourth-order valence-electron chi connectivity index (χ4n) is 5.86. The summed E-state index contributed by atoms with van der Waals surface area (Å²) in [7, 11) is 3.22. The molecule has 2 aliphatic rings. The van der Waals surface area contributed by atoms with Crippen LogP contribution in [0.2, 0.25) is 0 Å². The van der Waals surface area contributed by atoms with Crippen molar-refractivity contribution in [1.82, 2.24) is 24.8 Å². The van der Waals surface area contributed by atoms with Gasteiger partial charge in [-0.3, -0.25) is 4.90 Å². The normalized spacial score (nSPS) is 17.4. The third-order valence-corrected chi connectivity index (χ3v) is 8.28. The second kappa shape index (κ2) is 13.6. The predicted octanol–water partition coefficient (Wildman–Crippen LogP) is 3.74. The van der Waals surface area contributed by atoms with Gasteiger partial charge >= 0.3 is 6.03 Å². The highest BCUT2D eigenvalue weighted by Gasteiger charge is 2.30. The molecule has 1 unspecified atom stereocenters. The predicted molar refractivity (Wildman–Crippen MR) is 172 cm³/mol. The SMILES string of the molecule is COc1ccc(-c2ccc3nc(C4COCCN4CCO)nc(N4CCN(C(=O)Nc5cccc(C)c5)CC4)c3n2)cc1OC. The van der Waals surface area contributed by atoms with Crippen molar-refractivity contribution in [2.75, 3.05) is 83.5 Å². The van der Waals surface area contributed by atoms with Gasteiger partial charge < -0.3 is 34.4 Å². The van der Waals surface area contributed by atoms with Gasteiger partial charge in [0.25, 0.3) is 0 Å². The summed E-state index contributed by atoms with van der Waals surface area (Å²) < 4.78 is 16.8. The van der Waals surface area contributed by atoms with Crippen LogP contribution >= 0.6 is 0 Å². The summed E-state index contributed by atoms with van der Waals surface area (Å²) in [6.45, 7) is 6.49. The quantitative estimate of drug-likeness (QED) is 0.304. The summed E-state index contributed by atoms with van der Waals surface area (Å²) in [6.07, 6.45) is 0. The number of benzene rings is 2. The molecule has 6 rings (SSSR count). The number of morpholine rings is 1. The molecule has 1 atom stereocenters. The standard InChI is InChI=1S/C33H39N7O5/c1-22-5-4-6-24(19-22)34-33(42)40-13-11-39(12-14-40)32-30-26(36-31(37-32)27-21-45-18-16-38(27)15-17-41)9-8-25(35-30)23-7-10-28(43-2)29(20-23)44-3/h4-10,19-20,27,41H,11-18,21H2,1-3H3,(H,34,42). The number of hydrogen-bond donors (Lipinski definition) is 2. The van der Waals surface area contributed by atoms with Gasteiger partial charge in [-0.1, -0.05) is 12.1 Å². The van der Waals surface area contributed by atoms with Gasteiger partial charge in [-0.15, -0.1) is 0 Å². The van der Waals surface area contributed by atoms with Gasteiger partial charge in [0.2, 0.25) is 0 Å². The van der Waals surface area contributed by atoms with Crippen molar-refractivity contribution in [1.29, 1.82) is 0 Å². The van der Waals surface area contributed by atoms with Gasteiger partial charge in [0.05, 0.1) is 51.3 Å². The van der Waals surface area contributed by atoms with E-state index in [2.05, 4.69) is 15.1 Å². The molecule has 2 aromatic heterocycles. The zero-order chi connectivity index (χ0) is 31.3. The van der Waals surface area contributed by atoms with Crippen molar-refractivity contribution in [2.45, 2.75) is 13.0 Å². The number of aliphatic hydroxyl groups is 1. The number of aromatic nitrogens is 3. The molecule has 2 aromatic carbocycles. The number of β-amino-alcohol motifs (C(OH)–C–C–N with tert-alkyl or cyclic N) is 1. The van der Waals surface area contributed by atoms with E-state index in [-0.39, 0.29) is 18.7 Å². The van der Waals surface area contributed by atoms with Gasteiger partial charge in [-0.2, -0.15) is 0 Å². The molecule has 45 heavy (non-hydrogen) atoms. The minimum Gasteiger partial charge on any atom is -0.493 e. The molecular formula is C33H39N7O5. The highest BCUT2D eigenvalue weighted by molar-refractivity contribution is 5.90. The third-order valence-electron chi connectivity index (χ3n) is 8.28. The smallest absolute Gasteiger partial charge is 0.321 e. The number of methoxy groups -OCH3 is 2. The largest absolute Gasteiger partial charge is 0.493 e. The fourth-order valence-corrected chi connectivity index (χ4v) is 5.86. The Labute approximate surface area is 262 Å².